The van der Waals surface area contributed by atoms with E-state index in [1.807, 2.05) is 19.1 Å². The first-order valence-electron chi connectivity index (χ1n) is 7.45. The van der Waals surface area contributed by atoms with Crippen LogP contribution in [0.25, 0.3) is 0 Å². The number of hydrogen-bond acceptors (Lipinski definition) is 5. The summed E-state index contributed by atoms with van der Waals surface area (Å²) in [6, 6.07) is 7.68. The molecule has 2 rings (SSSR count). The number of rotatable bonds is 6. The van der Waals surface area contributed by atoms with E-state index in [-0.39, 0.29) is 23.2 Å². The lowest BCUT2D eigenvalue weighted by molar-refractivity contribution is -0.387. The molecule has 0 fully saturated rings. The van der Waals surface area contributed by atoms with Gasteiger partial charge in [-0.3, -0.25) is 10.1 Å². The Hall–Kier alpha value is -1.77. The third-order valence-electron chi connectivity index (χ3n) is 3.58. The minimum absolute atomic E-state index is 0.198. The molecule has 2 aromatic rings. The molecule has 8 heteroatoms. The quantitative estimate of drug-likeness (QED) is 0.572. The zero-order valence-electron chi connectivity index (χ0n) is 14.0. The van der Waals surface area contributed by atoms with Gasteiger partial charge in [0.1, 0.15) is 0 Å². The van der Waals surface area contributed by atoms with E-state index in [1.165, 1.54) is 27.8 Å². The third-order valence-corrected chi connectivity index (χ3v) is 6.64. The van der Waals surface area contributed by atoms with Crippen molar-refractivity contribution >= 4 is 27.0 Å². The Morgan fingerprint density at radius 1 is 1.21 bits per heavy atom. The SMILES string of the molecule is Cc1ccc(S(=O)(=O)N(Cc2ccc(C)s2)C(C)C)c([N+](=O)[O-])c1. The monoisotopic (exact) mass is 368 g/mol. The van der Waals surface area contributed by atoms with E-state index in [0.717, 1.165) is 9.75 Å². The molecule has 0 aliphatic carbocycles. The molecule has 0 aliphatic rings. The summed E-state index contributed by atoms with van der Waals surface area (Å²) >= 11 is 1.52. The molecule has 1 heterocycles. The second kappa shape index (κ2) is 7.00. The van der Waals surface area contributed by atoms with E-state index < -0.39 is 14.9 Å². The number of sulfonamides is 1. The molecule has 0 aliphatic heterocycles. The molecule has 6 nitrogen and oxygen atoms in total. The van der Waals surface area contributed by atoms with Gasteiger partial charge in [-0.15, -0.1) is 11.3 Å². The molecular formula is C16H20N2O4S2. The molecule has 0 saturated carbocycles. The number of hydrogen-bond donors (Lipinski definition) is 0. The second-order valence-corrected chi connectivity index (χ2v) is 9.12. The fourth-order valence-electron chi connectivity index (χ4n) is 2.38. The van der Waals surface area contributed by atoms with Gasteiger partial charge in [-0.25, -0.2) is 8.42 Å². The molecular weight excluding hydrogens is 348 g/mol. The largest absolute Gasteiger partial charge is 0.289 e. The predicted molar refractivity (Wildman–Crippen MR) is 94.8 cm³/mol. The van der Waals surface area contributed by atoms with Crippen LogP contribution in [0.5, 0.6) is 0 Å². The van der Waals surface area contributed by atoms with Crippen molar-refractivity contribution in [1.29, 1.82) is 0 Å². The topological polar surface area (TPSA) is 80.5 Å². The number of nitro groups is 1. The Bertz CT molecular complexity index is 857. The maximum atomic E-state index is 13.0. The fourth-order valence-corrected chi connectivity index (χ4v) is 5.11. The zero-order chi connectivity index (χ0) is 18.1. The minimum Gasteiger partial charge on any atom is -0.258 e. The summed E-state index contributed by atoms with van der Waals surface area (Å²) < 4.78 is 27.4. The molecule has 1 aromatic carbocycles. The van der Waals surface area contributed by atoms with Gasteiger partial charge in [0.05, 0.1) is 4.92 Å². The molecule has 0 unspecified atom stereocenters. The van der Waals surface area contributed by atoms with Crippen LogP contribution >= 0.6 is 11.3 Å². The summed E-state index contributed by atoms with van der Waals surface area (Å²) in [5.74, 6) is 0. The van der Waals surface area contributed by atoms with Crippen LogP contribution < -0.4 is 0 Å². The van der Waals surface area contributed by atoms with Gasteiger partial charge in [-0.2, -0.15) is 4.31 Å². The molecule has 0 saturated heterocycles. The van der Waals surface area contributed by atoms with E-state index >= 15 is 0 Å². The van der Waals surface area contributed by atoms with Crippen molar-refractivity contribution < 1.29 is 13.3 Å². The maximum absolute atomic E-state index is 13.0. The highest BCUT2D eigenvalue weighted by atomic mass is 32.2. The third kappa shape index (κ3) is 3.82. The first kappa shape index (κ1) is 18.6. The van der Waals surface area contributed by atoms with Crippen LogP contribution in [0, 0.1) is 24.0 Å². The predicted octanol–water partition coefficient (Wildman–Crippen LogP) is 3.87. The van der Waals surface area contributed by atoms with Gasteiger partial charge in [0.25, 0.3) is 5.69 Å². The summed E-state index contributed by atoms with van der Waals surface area (Å²) in [6.07, 6.45) is 0. The average Bonchev–Trinajstić information content (AvgIpc) is 2.89. The van der Waals surface area contributed by atoms with Gasteiger partial charge >= 0.3 is 0 Å². The summed E-state index contributed by atoms with van der Waals surface area (Å²) in [5, 5.41) is 11.3. The van der Waals surface area contributed by atoms with Crippen molar-refractivity contribution in [2.45, 2.75) is 45.2 Å². The zero-order valence-corrected chi connectivity index (χ0v) is 15.6. The number of thiophene rings is 1. The first-order valence-corrected chi connectivity index (χ1v) is 9.70. The van der Waals surface area contributed by atoms with Crippen LogP contribution in [-0.4, -0.2) is 23.7 Å². The lowest BCUT2D eigenvalue weighted by atomic mass is 10.2. The Morgan fingerprint density at radius 3 is 2.38 bits per heavy atom. The van der Waals surface area contributed by atoms with Crippen LogP contribution in [0.15, 0.2) is 35.2 Å². The standard InChI is InChI=1S/C16H20N2O4S2/c1-11(2)17(10-14-7-6-13(4)23-14)24(21,22)16-8-5-12(3)9-15(16)18(19)20/h5-9,11H,10H2,1-4H3. The normalized spacial score (nSPS) is 12.1. The molecule has 0 amide bonds. The van der Waals surface area contributed by atoms with Crippen LogP contribution in [0.2, 0.25) is 0 Å². The Labute approximate surface area is 145 Å². The molecule has 0 radical (unpaired) electrons. The highest BCUT2D eigenvalue weighted by Crippen LogP contribution is 2.30. The van der Waals surface area contributed by atoms with Gasteiger partial charge in [0, 0.05) is 28.4 Å². The Balaban J connectivity index is 2.51. The van der Waals surface area contributed by atoms with Crippen molar-refractivity contribution in [3.8, 4) is 0 Å². The van der Waals surface area contributed by atoms with E-state index in [4.69, 9.17) is 0 Å². The Kier molecular flexibility index (Phi) is 5.42. The minimum atomic E-state index is -3.98. The van der Waals surface area contributed by atoms with Gasteiger partial charge in [0.15, 0.2) is 4.90 Å². The summed E-state index contributed by atoms with van der Waals surface area (Å²) in [6.45, 7) is 7.37. The van der Waals surface area contributed by atoms with Gasteiger partial charge in [-0.05, 0) is 51.5 Å². The average molecular weight is 368 g/mol. The summed E-state index contributed by atoms with van der Waals surface area (Å²) in [4.78, 5) is 12.4. The van der Waals surface area contributed by atoms with E-state index in [0.29, 0.717) is 5.56 Å². The molecule has 0 atom stereocenters. The van der Waals surface area contributed by atoms with Crippen molar-refractivity contribution in [3.63, 3.8) is 0 Å². The van der Waals surface area contributed by atoms with Gasteiger partial charge in [0.2, 0.25) is 10.0 Å². The molecule has 0 N–H and O–H groups in total. The highest BCUT2D eigenvalue weighted by Gasteiger charge is 2.33. The molecule has 0 bridgehead atoms. The first-order chi connectivity index (χ1) is 11.1. The molecule has 24 heavy (non-hydrogen) atoms. The van der Waals surface area contributed by atoms with Crippen molar-refractivity contribution in [1.82, 2.24) is 4.31 Å². The molecule has 130 valence electrons. The van der Waals surface area contributed by atoms with Crippen LogP contribution in [-0.2, 0) is 16.6 Å². The summed E-state index contributed by atoms with van der Waals surface area (Å²) in [5.41, 5.74) is 0.258. The van der Waals surface area contributed by atoms with E-state index in [1.54, 1.807) is 26.8 Å². The van der Waals surface area contributed by atoms with Crippen molar-refractivity contribution in [2.75, 3.05) is 0 Å². The number of benzene rings is 1. The second-order valence-electron chi connectivity index (χ2n) is 5.88. The number of aryl methyl sites for hydroxylation is 2. The lowest BCUT2D eigenvalue weighted by Gasteiger charge is -2.25. The van der Waals surface area contributed by atoms with Gasteiger partial charge < -0.3 is 0 Å². The molecule has 0 spiro atoms. The highest BCUT2D eigenvalue weighted by molar-refractivity contribution is 7.89. The van der Waals surface area contributed by atoms with E-state index in [9.17, 15) is 18.5 Å². The molecule has 1 aromatic heterocycles. The smallest absolute Gasteiger partial charge is 0.258 e. The Morgan fingerprint density at radius 2 is 1.88 bits per heavy atom. The van der Waals surface area contributed by atoms with Crippen molar-refractivity contribution in [2.24, 2.45) is 0 Å². The summed E-state index contributed by atoms with van der Waals surface area (Å²) in [7, 11) is -3.98. The van der Waals surface area contributed by atoms with Crippen LogP contribution in [0.4, 0.5) is 5.69 Å². The van der Waals surface area contributed by atoms with E-state index in [2.05, 4.69) is 0 Å². The van der Waals surface area contributed by atoms with Crippen molar-refractivity contribution in [3.05, 3.63) is 55.8 Å². The van der Waals surface area contributed by atoms with Gasteiger partial charge in [-0.1, -0.05) is 6.07 Å². The number of nitrogens with zero attached hydrogens (tertiary/aromatic N) is 2. The van der Waals surface area contributed by atoms with Crippen LogP contribution in [0.3, 0.4) is 0 Å². The fraction of sp³-hybridized carbons (Fsp3) is 0.375. The lowest BCUT2D eigenvalue weighted by Crippen LogP contribution is -2.36. The number of nitro benzene ring substituents is 1. The van der Waals surface area contributed by atoms with Crippen LogP contribution in [0.1, 0.15) is 29.2 Å². The maximum Gasteiger partial charge on any atom is 0.289 e.